The van der Waals surface area contributed by atoms with Crippen LogP contribution in [0, 0.1) is 6.92 Å². The summed E-state index contributed by atoms with van der Waals surface area (Å²) in [6, 6.07) is 11.2. The monoisotopic (exact) mass is 420 g/mol. The number of carbonyl (C=O) groups is 1. The molecular weight excluding hydrogens is 400 g/mol. The number of nitrogens with one attached hydrogen (secondary N) is 1. The van der Waals surface area contributed by atoms with Gasteiger partial charge in [0, 0.05) is 36.3 Å². The van der Waals surface area contributed by atoms with Gasteiger partial charge in [0.05, 0.1) is 12.8 Å². The minimum atomic E-state index is -0.262. The summed E-state index contributed by atoms with van der Waals surface area (Å²) in [6.07, 6.45) is 4.13. The van der Waals surface area contributed by atoms with Crippen molar-refractivity contribution in [2.45, 2.75) is 13.3 Å². The van der Waals surface area contributed by atoms with Crippen molar-refractivity contribution in [1.82, 2.24) is 30.0 Å². The van der Waals surface area contributed by atoms with Crippen molar-refractivity contribution >= 4 is 17.2 Å². The maximum Gasteiger partial charge on any atom is 0.271 e. The van der Waals surface area contributed by atoms with Gasteiger partial charge in [-0.3, -0.25) is 9.36 Å². The molecule has 4 aromatic rings. The fourth-order valence-electron chi connectivity index (χ4n) is 2.88. The van der Waals surface area contributed by atoms with Crippen molar-refractivity contribution in [1.29, 1.82) is 0 Å². The highest BCUT2D eigenvalue weighted by Gasteiger charge is 2.10. The average Bonchev–Trinajstić information content (AvgIpc) is 3.43. The van der Waals surface area contributed by atoms with E-state index in [1.54, 1.807) is 47.5 Å². The fourth-order valence-corrected chi connectivity index (χ4v) is 3.74. The Hall–Kier alpha value is -3.59. The molecule has 0 aliphatic rings. The number of ether oxygens (including phenoxy) is 1. The summed E-state index contributed by atoms with van der Waals surface area (Å²) in [4.78, 5) is 21.1. The summed E-state index contributed by atoms with van der Waals surface area (Å²) >= 11 is 1.58. The minimum Gasteiger partial charge on any atom is -0.497 e. The number of rotatable bonds is 7. The molecule has 1 N–H and O–H groups in total. The lowest BCUT2D eigenvalue weighted by Gasteiger charge is -2.05. The summed E-state index contributed by atoms with van der Waals surface area (Å²) < 4.78 is 6.98. The third-order valence-corrected chi connectivity index (χ3v) is 5.45. The van der Waals surface area contributed by atoms with Crippen LogP contribution < -0.4 is 10.1 Å². The summed E-state index contributed by atoms with van der Waals surface area (Å²) in [6.45, 7) is 2.34. The third kappa shape index (κ3) is 4.36. The van der Waals surface area contributed by atoms with Crippen LogP contribution in [0.1, 0.15) is 22.0 Å². The van der Waals surface area contributed by atoms with Crippen LogP contribution >= 0.6 is 11.3 Å². The van der Waals surface area contributed by atoms with E-state index in [4.69, 9.17) is 4.74 Å². The Labute approximate surface area is 177 Å². The first-order valence-electron chi connectivity index (χ1n) is 9.35. The molecule has 0 fully saturated rings. The molecule has 8 nitrogen and oxygen atoms in total. The van der Waals surface area contributed by atoms with Crippen LogP contribution in [0.4, 0.5) is 0 Å². The zero-order valence-corrected chi connectivity index (χ0v) is 17.4. The number of imidazole rings is 1. The molecule has 3 heterocycles. The van der Waals surface area contributed by atoms with E-state index in [1.807, 2.05) is 36.6 Å². The van der Waals surface area contributed by atoms with Gasteiger partial charge in [-0.25, -0.2) is 9.97 Å². The Morgan fingerprint density at radius 2 is 2.00 bits per heavy atom. The molecule has 0 spiro atoms. The van der Waals surface area contributed by atoms with E-state index in [9.17, 15) is 4.79 Å². The zero-order chi connectivity index (χ0) is 20.9. The number of aryl methyl sites for hydroxylation is 1. The van der Waals surface area contributed by atoms with Gasteiger partial charge in [0.15, 0.2) is 11.5 Å². The van der Waals surface area contributed by atoms with Crippen LogP contribution in [0.3, 0.4) is 0 Å². The maximum absolute atomic E-state index is 12.3. The molecule has 0 unspecified atom stereocenters. The second-order valence-electron chi connectivity index (χ2n) is 6.50. The van der Waals surface area contributed by atoms with Crippen molar-refractivity contribution < 1.29 is 9.53 Å². The molecule has 1 amide bonds. The molecule has 0 saturated carbocycles. The lowest BCUT2D eigenvalue weighted by atomic mass is 10.2. The third-order valence-electron chi connectivity index (χ3n) is 4.51. The van der Waals surface area contributed by atoms with Crippen LogP contribution in [0.5, 0.6) is 5.75 Å². The number of thiazole rings is 1. The molecule has 0 bridgehead atoms. The molecule has 0 aliphatic carbocycles. The van der Waals surface area contributed by atoms with Crippen molar-refractivity contribution in [3.05, 3.63) is 71.4 Å². The van der Waals surface area contributed by atoms with Crippen molar-refractivity contribution in [2.75, 3.05) is 13.7 Å². The smallest absolute Gasteiger partial charge is 0.271 e. The van der Waals surface area contributed by atoms with E-state index in [1.165, 1.54) is 0 Å². The van der Waals surface area contributed by atoms with Crippen LogP contribution in [0.15, 0.2) is 54.2 Å². The highest BCUT2D eigenvalue weighted by Crippen LogP contribution is 2.25. The topological polar surface area (TPSA) is 94.8 Å². The van der Waals surface area contributed by atoms with Crippen molar-refractivity contribution in [3.63, 3.8) is 0 Å². The van der Waals surface area contributed by atoms with E-state index >= 15 is 0 Å². The Balaban J connectivity index is 1.31. The van der Waals surface area contributed by atoms with Crippen molar-refractivity contribution in [2.24, 2.45) is 0 Å². The Morgan fingerprint density at radius 3 is 2.67 bits per heavy atom. The van der Waals surface area contributed by atoms with Gasteiger partial charge in [0.1, 0.15) is 16.6 Å². The predicted molar refractivity (Wildman–Crippen MR) is 114 cm³/mol. The number of nitrogens with zero attached hydrogens (tertiary/aromatic N) is 5. The summed E-state index contributed by atoms with van der Waals surface area (Å²) in [5, 5.41) is 13.9. The van der Waals surface area contributed by atoms with Crippen LogP contribution in [-0.4, -0.2) is 44.3 Å². The number of hydrogen-bond acceptors (Lipinski definition) is 7. The van der Waals surface area contributed by atoms with Gasteiger partial charge in [0.2, 0.25) is 0 Å². The van der Waals surface area contributed by atoms with Crippen molar-refractivity contribution in [3.8, 4) is 22.1 Å². The van der Waals surface area contributed by atoms with Gasteiger partial charge in [-0.05, 0) is 43.3 Å². The number of amides is 1. The molecule has 0 atom stereocenters. The lowest BCUT2D eigenvalue weighted by Crippen LogP contribution is -2.27. The number of methoxy groups -OCH3 is 1. The van der Waals surface area contributed by atoms with Gasteiger partial charge in [-0.2, -0.15) is 0 Å². The summed E-state index contributed by atoms with van der Waals surface area (Å²) in [7, 11) is 1.64. The molecule has 30 heavy (non-hydrogen) atoms. The Morgan fingerprint density at radius 1 is 1.17 bits per heavy atom. The first kappa shape index (κ1) is 19.7. The molecule has 3 aromatic heterocycles. The number of aromatic nitrogens is 5. The van der Waals surface area contributed by atoms with Gasteiger partial charge >= 0.3 is 0 Å². The van der Waals surface area contributed by atoms with E-state index in [0.717, 1.165) is 27.8 Å². The SMILES string of the molecule is COc1ccc(-c2nc(CCNC(=O)c3ccc(-n4ccnc4C)nn3)cs2)cc1. The molecule has 9 heteroatoms. The van der Waals surface area contributed by atoms with Crippen LogP contribution in [0.2, 0.25) is 0 Å². The molecule has 0 radical (unpaired) electrons. The molecule has 0 saturated heterocycles. The largest absolute Gasteiger partial charge is 0.497 e. The average molecular weight is 420 g/mol. The van der Waals surface area contributed by atoms with E-state index in [-0.39, 0.29) is 11.6 Å². The summed E-state index contributed by atoms with van der Waals surface area (Å²) in [5.74, 6) is 1.98. The van der Waals surface area contributed by atoms with Gasteiger partial charge in [-0.1, -0.05) is 0 Å². The Kier molecular flexibility index (Phi) is 5.80. The molecule has 152 valence electrons. The van der Waals surface area contributed by atoms with Crippen LogP contribution in [-0.2, 0) is 6.42 Å². The number of hydrogen-bond donors (Lipinski definition) is 1. The minimum absolute atomic E-state index is 0.262. The molecule has 1 aromatic carbocycles. The van der Waals surface area contributed by atoms with E-state index in [0.29, 0.717) is 18.8 Å². The predicted octanol–water partition coefficient (Wildman–Crippen LogP) is 3.08. The molecule has 4 rings (SSSR count). The second-order valence-corrected chi connectivity index (χ2v) is 7.36. The maximum atomic E-state index is 12.3. The molecular formula is C21H20N6O2S. The first-order valence-corrected chi connectivity index (χ1v) is 10.2. The quantitative estimate of drug-likeness (QED) is 0.494. The van der Waals surface area contributed by atoms with Gasteiger partial charge in [0.25, 0.3) is 5.91 Å². The van der Waals surface area contributed by atoms with E-state index in [2.05, 4.69) is 25.5 Å². The lowest BCUT2D eigenvalue weighted by molar-refractivity contribution is 0.0948. The van der Waals surface area contributed by atoms with E-state index < -0.39 is 0 Å². The normalized spacial score (nSPS) is 10.7. The number of carbonyl (C=O) groups excluding carboxylic acids is 1. The van der Waals surface area contributed by atoms with Gasteiger partial charge in [-0.15, -0.1) is 21.5 Å². The zero-order valence-electron chi connectivity index (χ0n) is 16.6. The fraction of sp³-hybridized carbons (Fsp3) is 0.190. The van der Waals surface area contributed by atoms with Crippen LogP contribution in [0.25, 0.3) is 16.4 Å². The highest BCUT2D eigenvalue weighted by molar-refractivity contribution is 7.13. The number of benzene rings is 1. The first-order chi connectivity index (χ1) is 14.6. The van der Waals surface area contributed by atoms with Gasteiger partial charge < -0.3 is 10.1 Å². The highest BCUT2D eigenvalue weighted by atomic mass is 32.1. The summed E-state index contributed by atoms with van der Waals surface area (Å²) in [5.41, 5.74) is 2.25. The Bertz CT molecular complexity index is 1140. The second kappa shape index (κ2) is 8.83. The standard InChI is InChI=1S/C21H20N6O2S/c1-14-22-11-12-27(14)19-8-7-18(25-26-19)20(28)23-10-9-16-13-30-21(24-16)15-3-5-17(29-2)6-4-15/h3-8,11-13H,9-10H2,1-2H3,(H,23,28). The molecule has 0 aliphatic heterocycles.